The van der Waals surface area contributed by atoms with E-state index in [1.165, 1.54) is 0 Å². The van der Waals surface area contributed by atoms with Gasteiger partial charge >= 0.3 is 0 Å². The molecular formula is C11H16N4OS. The molecule has 0 saturated heterocycles. The highest BCUT2D eigenvalue weighted by atomic mass is 32.1. The van der Waals surface area contributed by atoms with Crippen LogP contribution in [0.4, 0.5) is 5.69 Å². The Morgan fingerprint density at radius 2 is 2.35 bits per heavy atom. The summed E-state index contributed by atoms with van der Waals surface area (Å²) < 4.78 is 0. The number of nitrogens with one attached hydrogen (secondary N) is 2. The summed E-state index contributed by atoms with van der Waals surface area (Å²) in [6, 6.07) is 3.62. The number of aromatic nitrogens is 1. The molecule has 0 unspecified atom stereocenters. The van der Waals surface area contributed by atoms with Crippen molar-refractivity contribution < 1.29 is 4.79 Å². The van der Waals surface area contributed by atoms with E-state index in [2.05, 4.69) is 15.6 Å². The van der Waals surface area contributed by atoms with E-state index in [9.17, 15) is 4.79 Å². The molecule has 1 aromatic rings. The Morgan fingerprint density at radius 3 is 3.00 bits per heavy atom. The zero-order chi connectivity index (χ0) is 12.7. The largest absolute Gasteiger partial charge is 0.388 e. The molecule has 0 radical (unpaired) electrons. The van der Waals surface area contributed by atoms with Crippen LogP contribution in [0, 0.1) is 0 Å². The van der Waals surface area contributed by atoms with Gasteiger partial charge in [-0.05, 0) is 19.1 Å². The first-order valence-electron chi connectivity index (χ1n) is 5.40. The second-order valence-corrected chi connectivity index (χ2v) is 3.83. The van der Waals surface area contributed by atoms with Crippen molar-refractivity contribution in [1.82, 2.24) is 10.3 Å². The summed E-state index contributed by atoms with van der Waals surface area (Å²) in [5, 5.41) is 5.82. The maximum Gasteiger partial charge on any atom is 0.221 e. The Bertz CT molecular complexity index is 408. The number of carbonyl (C=O) groups is 1. The molecule has 0 spiro atoms. The lowest BCUT2D eigenvalue weighted by atomic mass is 10.3. The van der Waals surface area contributed by atoms with Crippen molar-refractivity contribution in [2.24, 2.45) is 5.73 Å². The van der Waals surface area contributed by atoms with Gasteiger partial charge in [0.05, 0.1) is 5.69 Å². The van der Waals surface area contributed by atoms with Crippen LogP contribution in [0.3, 0.4) is 0 Å². The van der Waals surface area contributed by atoms with E-state index in [1.807, 2.05) is 13.0 Å². The van der Waals surface area contributed by atoms with Crippen LogP contribution in [0.15, 0.2) is 18.3 Å². The van der Waals surface area contributed by atoms with Gasteiger partial charge in [-0.1, -0.05) is 12.2 Å². The van der Waals surface area contributed by atoms with Gasteiger partial charge in [0.1, 0.15) is 10.7 Å². The minimum absolute atomic E-state index is 0.0146. The second-order valence-electron chi connectivity index (χ2n) is 3.39. The third kappa shape index (κ3) is 4.36. The molecular weight excluding hydrogens is 236 g/mol. The molecule has 0 atom stereocenters. The van der Waals surface area contributed by atoms with E-state index >= 15 is 0 Å². The third-order valence-corrected chi connectivity index (χ3v) is 2.28. The zero-order valence-electron chi connectivity index (χ0n) is 9.69. The molecule has 17 heavy (non-hydrogen) atoms. The molecule has 5 nitrogen and oxygen atoms in total. The van der Waals surface area contributed by atoms with Crippen molar-refractivity contribution in [2.75, 3.05) is 18.4 Å². The molecule has 1 aromatic heterocycles. The second kappa shape index (κ2) is 6.80. The highest BCUT2D eigenvalue weighted by molar-refractivity contribution is 7.80. The fourth-order valence-corrected chi connectivity index (χ4v) is 1.50. The van der Waals surface area contributed by atoms with Crippen LogP contribution in [0.25, 0.3) is 0 Å². The fourth-order valence-electron chi connectivity index (χ4n) is 1.34. The minimum Gasteiger partial charge on any atom is -0.388 e. The molecule has 0 aliphatic rings. The van der Waals surface area contributed by atoms with Crippen LogP contribution in [-0.2, 0) is 4.79 Å². The third-order valence-electron chi connectivity index (χ3n) is 2.08. The lowest BCUT2D eigenvalue weighted by molar-refractivity contribution is -0.120. The number of thiocarbonyl (C=S) groups is 1. The smallest absolute Gasteiger partial charge is 0.221 e. The van der Waals surface area contributed by atoms with E-state index in [0.29, 0.717) is 25.2 Å². The lowest BCUT2D eigenvalue weighted by Gasteiger charge is -2.09. The van der Waals surface area contributed by atoms with E-state index in [4.69, 9.17) is 18.0 Å². The van der Waals surface area contributed by atoms with Crippen molar-refractivity contribution in [1.29, 1.82) is 0 Å². The maximum absolute atomic E-state index is 11.2. The molecule has 1 rings (SSSR count). The quantitative estimate of drug-likeness (QED) is 0.648. The lowest BCUT2D eigenvalue weighted by Crippen LogP contribution is -2.25. The summed E-state index contributed by atoms with van der Waals surface area (Å²) >= 11 is 4.89. The minimum atomic E-state index is 0.0146. The summed E-state index contributed by atoms with van der Waals surface area (Å²) in [5.74, 6) is 0.0146. The maximum atomic E-state index is 11.2. The van der Waals surface area contributed by atoms with Gasteiger partial charge in [-0.25, -0.2) is 0 Å². The normalized spacial score (nSPS) is 9.71. The molecule has 6 heteroatoms. The van der Waals surface area contributed by atoms with Gasteiger partial charge in [0.25, 0.3) is 0 Å². The molecule has 1 amide bonds. The number of nitrogens with two attached hydrogens (primary N) is 1. The summed E-state index contributed by atoms with van der Waals surface area (Å²) in [5.41, 5.74) is 6.85. The molecule has 0 aliphatic carbocycles. The van der Waals surface area contributed by atoms with Gasteiger partial charge in [-0.2, -0.15) is 0 Å². The van der Waals surface area contributed by atoms with E-state index in [-0.39, 0.29) is 10.9 Å². The van der Waals surface area contributed by atoms with Crippen molar-refractivity contribution in [3.63, 3.8) is 0 Å². The van der Waals surface area contributed by atoms with E-state index in [1.54, 1.807) is 12.3 Å². The molecule has 0 bridgehead atoms. The van der Waals surface area contributed by atoms with E-state index in [0.717, 1.165) is 5.69 Å². The first-order chi connectivity index (χ1) is 8.15. The Morgan fingerprint density at radius 1 is 1.59 bits per heavy atom. The number of rotatable bonds is 6. The predicted molar refractivity (Wildman–Crippen MR) is 71.9 cm³/mol. The van der Waals surface area contributed by atoms with Gasteiger partial charge in [0.2, 0.25) is 5.91 Å². The molecule has 0 aromatic carbocycles. The van der Waals surface area contributed by atoms with E-state index < -0.39 is 0 Å². The Hall–Kier alpha value is -1.69. The predicted octanol–water partition coefficient (Wildman–Crippen LogP) is 0.654. The van der Waals surface area contributed by atoms with Gasteiger partial charge in [-0.15, -0.1) is 0 Å². The van der Waals surface area contributed by atoms with Gasteiger partial charge in [0, 0.05) is 25.7 Å². The molecule has 0 fully saturated rings. The summed E-state index contributed by atoms with van der Waals surface area (Å²) in [6.45, 7) is 3.05. The molecule has 1 heterocycles. The highest BCUT2D eigenvalue weighted by Crippen LogP contribution is 2.11. The van der Waals surface area contributed by atoms with Gasteiger partial charge in [0.15, 0.2) is 0 Å². The SMILES string of the molecule is CCNC(=O)CCNc1cccnc1C(N)=S. The van der Waals surface area contributed by atoms with Crippen LogP contribution in [0.1, 0.15) is 19.0 Å². The summed E-state index contributed by atoms with van der Waals surface area (Å²) in [4.78, 5) is 15.6. The fraction of sp³-hybridized carbons (Fsp3) is 0.364. The molecule has 0 aliphatic heterocycles. The first kappa shape index (κ1) is 13.4. The average molecular weight is 252 g/mol. The number of carbonyl (C=O) groups excluding carboxylic acids is 1. The number of anilines is 1. The van der Waals surface area contributed by atoms with Gasteiger partial charge in [-0.3, -0.25) is 9.78 Å². The van der Waals surface area contributed by atoms with Crippen molar-refractivity contribution in [3.8, 4) is 0 Å². The van der Waals surface area contributed by atoms with Crippen LogP contribution < -0.4 is 16.4 Å². The number of hydrogen-bond donors (Lipinski definition) is 3. The summed E-state index contributed by atoms with van der Waals surface area (Å²) in [7, 11) is 0. The standard InChI is InChI=1S/C11H16N4OS/c1-2-13-9(16)5-7-14-8-4-3-6-15-10(8)11(12)17/h3-4,6,14H,2,5,7H2,1H3,(H2,12,17)(H,13,16). The molecule has 4 N–H and O–H groups in total. The van der Waals surface area contributed by atoms with Crippen molar-refractivity contribution in [2.45, 2.75) is 13.3 Å². The number of amides is 1. The topological polar surface area (TPSA) is 80.0 Å². The highest BCUT2D eigenvalue weighted by Gasteiger charge is 2.06. The Kier molecular flexibility index (Phi) is 5.35. The summed E-state index contributed by atoms with van der Waals surface area (Å²) in [6.07, 6.45) is 2.03. The number of pyridine rings is 1. The number of hydrogen-bond acceptors (Lipinski definition) is 4. The van der Waals surface area contributed by atoms with Crippen molar-refractivity contribution in [3.05, 3.63) is 24.0 Å². The first-order valence-corrected chi connectivity index (χ1v) is 5.81. The van der Waals surface area contributed by atoms with Gasteiger partial charge < -0.3 is 16.4 Å². The van der Waals surface area contributed by atoms with Crippen LogP contribution >= 0.6 is 12.2 Å². The monoisotopic (exact) mass is 252 g/mol. The van der Waals surface area contributed by atoms with Crippen LogP contribution in [0.2, 0.25) is 0 Å². The number of nitrogens with zero attached hydrogens (tertiary/aromatic N) is 1. The average Bonchev–Trinajstić information content (AvgIpc) is 2.30. The Labute approximate surface area is 106 Å². The van der Waals surface area contributed by atoms with Crippen molar-refractivity contribution >= 4 is 28.8 Å². The molecule has 0 saturated carbocycles. The van der Waals surface area contributed by atoms with Crippen LogP contribution in [-0.4, -0.2) is 29.0 Å². The Balaban J connectivity index is 2.52. The zero-order valence-corrected chi connectivity index (χ0v) is 10.5. The molecule has 92 valence electrons. The van der Waals surface area contributed by atoms with Crippen LogP contribution in [0.5, 0.6) is 0 Å².